The number of piperidine rings is 1. The maximum Gasteiger partial charge on any atom is 0.276 e. The molecule has 9 nitrogen and oxygen atoms in total. The van der Waals surface area contributed by atoms with Crippen molar-refractivity contribution in [3.63, 3.8) is 0 Å². The molecule has 1 atom stereocenters. The Morgan fingerprint density at radius 2 is 2.03 bits per heavy atom. The summed E-state index contributed by atoms with van der Waals surface area (Å²) in [7, 11) is 0. The molecule has 2 amide bonds. The van der Waals surface area contributed by atoms with Crippen LogP contribution >= 0.6 is 0 Å². The van der Waals surface area contributed by atoms with Gasteiger partial charge in [0, 0.05) is 49.6 Å². The molecule has 0 saturated carbocycles. The second-order valence-electron chi connectivity index (χ2n) is 8.21. The molecule has 176 valence electrons. The number of benzene rings is 1. The lowest BCUT2D eigenvalue weighted by molar-refractivity contribution is -0.114. The molecule has 1 saturated heterocycles. The highest BCUT2D eigenvalue weighted by atomic mass is 19.1. The van der Waals surface area contributed by atoms with Gasteiger partial charge in [0.05, 0.1) is 23.3 Å². The molecule has 0 bridgehead atoms. The van der Waals surface area contributed by atoms with Crippen LogP contribution in [0.25, 0.3) is 11.3 Å². The van der Waals surface area contributed by atoms with Crippen LogP contribution in [0.2, 0.25) is 0 Å². The van der Waals surface area contributed by atoms with Crippen molar-refractivity contribution < 1.29 is 14.0 Å². The van der Waals surface area contributed by atoms with E-state index in [0.717, 1.165) is 31.1 Å². The van der Waals surface area contributed by atoms with E-state index in [1.807, 2.05) is 6.07 Å². The summed E-state index contributed by atoms with van der Waals surface area (Å²) in [5.41, 5.74) is 14.0. The molecule has 1 aromatic carbocycles. The number of carbonyl (C=O) groups is 2. The highest BCUT2D eigenvalue weighted by molar-refractivity contribution is 6.08. The molecule has 10 heteroatoms. The van der Waals surface area contributed by atoms with Gasteiger partial charge < -0.3 is 27.0 Å². The number of pyridine rings is 2. The van der Waals surface area contributed by atoms with E-state index < -0.39 is 11.7 Å². The first kappa shape index (κ1) is 23.1. The fourth-order valence-corrected chi connectivity index (χ4v) is 4.00. The first-order valence-corrected chi connectivity index (χ1v) is 10.9. The Morgan fingerprint density at radius 1 is 1.21 bits per heavy atom. The summed E-state index contributed by atoms with van der Waals surface area (Å²) in [5, 5.41) is 5.45. The number of carbonyl (C=O) groups excluding carboxylic acids is 2. The van der Waals surface area contributed by atoms with Crippen LogP contribution in [0.4, 0.5) is 27.1 Å². The van der Waals surface area contributed by atoms with Crippen molar-refractivity contribution in [2.75, 3.05) is 34.4 Å². The average molecular weight is 464 g/mol. The Bertz CT molecular complexity index is 1230. The van der Waals surface area contributed by atoms with Crippen LogP contribution in [0, 0.1) is 5.82 Å². The van der Waals surface area contributed by atoms with Gasteiger partial charge in [0.15, 0.2) is 11.5 Å². The van der Waals surface area contributed by atoms with Crippen LogP contribution in [0.15, 0.2) is 48.8 Å². The van der Waals surface area contributed by atoms with Gasteiger partial charge in [-0.15, -0.1) is 0 Å². The van der Waals surface area contributed by atoms with Crippen molar-refractivity contribution in [2.24, 2.45) is 5.73 Å². The lowest BCUT2D eigenvalue weighted by Gasteiger charge is -2.33. The van der Waals surface area contributed by atoms with Crippen LogP contribution in [0.5, 0.6) is 0 Å². The van der Waals surface area contributed by atoms with Gasteiger partial charge in [0.1, 0.15) is 5.69 Å². The number of nitrogen functional groups attached to an aromatic ring is 1. The smallest absolute Gasteiger partial charge is 0.276 e. The largest absolute Gasteiger partial charge is 0.397 e. The van der Waals surface area contributed by atoms with E-state index in [-0.39, 0.29) is 29.0 Å². The van der Waals surface area contributed by atoms with Gasteiger partial charge in [0.2, 0.25) is 5.91 Å². The van der Waals surface area contributed by atoms with Crippen molar-refractivity contribution in [2.45, 2.75) is 25.8 Å². The summed E-state index contributed by atoms with van der Waals surface area (Å²) in [6, 6.07) is 9.46. The third kappa shape index (κ3) is 5.12. The van der Waals surface area contributed by atoms with E-state index in [0.29, 0.717) is 23.5 Å². The molecule has 3 heterocycles. The summed E-state index contributed by atoms with van der Waals surface area (Å²) >= 11 is 0. The summed E-state index contributed by atoms with van der Waals surface area (Å²) in [4.78, 5) is 35.0. The Labute approximate surface area is 196 Å². The highest BCUT2D eigenvalue weighted by Crippen LogP contribution is 2.30. The molecule has 3 aromatic rings. The van der Waals surface area contributed by atoms with E-state index in [9.17, 15) is 14.0 Å². The van der Waals surface area contributed by atoms with E-state index >= 15 is 0 Å². The average Bonchev–Trinajstić information content (AvgIpc) is 2.79. The number of halogens is 1. The van der Waals surface area contributed by atoms with Crippen molar-refractivity contribution in [3.05, 3.63) is 60.3 Å². The van der Waals surface area contributed by atoms with Crippen LogP contribution < -0.4 is 27.0 Å². The van der Waals surface area contributed by atoms with Gasteiger partial charge in [-0.1, -0.05) is 12.1 Å². The third-order valence-electron chi connectivity index (χ3n) is 5.52. The maximum absolute atomic E-state index is 14.8. The zero-order valence-corrected chi connectivity index (χ0v) is 18.7. The van der Waals surface area contributed by atoms with Crippen molar-refractivity contribution in [3.8, 4) is 11.3 Å². The molecule has 1 fully saturated rings. The number of amides is 2. The van der Waals surface area contributed by atoms with E-state index in [1.54, 1.807) is 36.7 Å². The van der Waals surface area contributed by atoms with Crippen molar-refractivity contribution >= 4 is 34.6 Å². The monoisotopic (exact) mass is 463 g/mol. The molecule has 1 aliphatic heterocycles. The summed E-state index contributed by atoms with van der Waals surface area (Å²) in [5.74, 6) is -1.53. The van der Waals surface area contributed by atoms with Crippen LogP contribution in [0.3, 0.4) is 0 Å². The zero-order chi connectivity index (χ0) is 24.2. The second-order valence-corrected chi connectivity index (χ2v) is 8.21. The van der Waals surface area contributed by atoms with Gasteiger partial charge in [0.25, 0.3) is 5.91 Å². The van der Waals surface area contributed by atoms with E-state index in [2.05, 4.69) is 25.5 Å². The summed E-state index contributed by atoms with van der Waals surface area (Å²) < 4.78 is 14.8. The molecular formula is C24H26FN7O2. The zero-order valence-electron chi connectivity index (χ0n) is 18.7. The topological polar surface area (TPSA) is 139 Å². The molecule has 2 aromatic heterocycles. The third-order valence-corrected chi connectivity index (χ3v) is 5.52. The van der Waals surface area contributed by atoms with Crippen LogP contribution in [-0.4, -0.2) is 40.9 Å². The SMILES string of the molecule is CC(=O)Nc1cccc(-c2nc(C(=O)Nc3cnccc3N3CCCC(N)C3)c(N)cc2F)c1. The minimum atomic E-state index is -0.682. The minimum absolute atomic E-state index is 0.0516. The minimum Gasteiger partial charge on any atom is -0.397 e. The van der Waals surface area contributed by atoms with Crippen molar-refractivity contribution in [1.29, 1.82) is 0 Å². The molecule has 34 heavy (non-hydrogen) atoms. The predicted molar refractivity (Wildman–Crippen MR) is 130 cm³/mol. The quantitative estimate of drug-likeness (QED) is 0.456. The molecule has 0 radical (unpaired) electrons. The Hall–Kier alpha value is -4.05. The van der Waals surface area contributed by atoms with Gasteiger partial charge in [-0.05, 0) is 31.0 Å². The van der Waals surface area contributed by atoms with Gasteiger partial charge in [-0.25, -0.2) is 9.37 Å². The Balaban J connectivity index is 1.64. The van der Waals surface area contributed by atoms with Crippen LogP contribution in [-0.2, 0) is 4.79 Å². The number of hydrogen-bond donors (Lipinski definition) is 4. The molecule has 4 rings (SSSR count). The Morgan fingerprint density at radius 3 is 2.79 bits per heavy atom. The first-order valence-electron chi connectivity index (χ1n) is 10.9. The van der Waals surface area contributed by atoms with Gasteiger partial charge in [-0.2, -0.15) is 0 Å². The molecular weight excluding hydrogens is 437 g/mol. The normalized spacial score (nSPS) is 15.6. The number of nitrogens with zero attached hydrogens (tertiary/aromatic N) is 3. The first-order chi connectivity index (χ1) is 16.3. The maximum atomic E-state index is 14.8. The van der Waals surface area contributed by atoms with Gasteiger partial charge >= 0.3 is 0 Å². The standard InChI is InChI=1S/C24H26FN7O2/c1-14(33)29-17-6-2-4-15(10-17)22-18(25)11-19(27)23(31-22)24(34)30-20-12-28-8-7-21(20)32-9-3-5-16(26)13-32/h2,4,6-8,10-12,16H,3,5,9,13,26-27H2,1H3,(H,29,33)(H,30,34). The van der Waals surface area contributed by atoms with Crippen molar-refractivity contribution in [1.82, 2.24) is 9.97 Å². The second kappa shape index (κ2) is 9.84. The number of nitrogens with one attached hydrogen (secondary N) is 2. The molecule has 1 unspecified atom stereocenters. The predicted octanol–water partition coefficient (Wildman–Crippen LogP) is 3.00. The molecule has 0 aliphatic carbocycles. The lowest BCUT2D eigenvalue weighted by atomic mass is 10.1. The number of aromatic nitrogens is 2. The number of rotatable bonds is 5. The number of nitrogens with two attached hydrogens (primary N) is 2. The number of hydrogen-bond acceptors (Lipinski definition) is 7. The molecule has 1 aliphatic rings. The molecule has 6 N–H and O–H groups in total. The van der Waals surface area contributed by atoms with E-state index in [4.69, 9.17) is 11.5 Å². The highest BCUT2D eigenvalue weighted by Gasteiger charge is 2.22. The van der Waals surface area contributed by atoms with Crippen LogP contribution in [0.1, 0.15) is 30.3 Å². The fraction of sp³-hybridized carbons (Fsp3) is 0.250. The van der Waals surface area contributed by atoms with Gasteiger partial charge in [-0.3, -0.25) is 14.6 Å². The van der Waals surface area contributed by atoms with E-state index in [1.165, 1.54) is 6.92 Å². The lowest BCUT2D eigenvalue weighted by Crippen LogP contribution is -2.43. The number of anilines is 4. The Kier molecular flexibility index (Phi) is 6.69. The summed E-state index contributed by atoms with van der Waals surface area (Å²) in [6.45, 7) is 2.85. The molecule has 0 spiro atoms. The fourth-order valence-electron chi connectivity index (χ4n) is 4.00. The summed E-state index contributed by atoms with van der Waals surface area (Å²) in [6.07, 6.45) is 5.09.